The highest BCUT2D eigenvalue weighted by Crippen LogP contribution is 2.26. The molecule has 1 rings (SSSR count). The Balaban J connectivity index is 2.89. The van der Waals surface area contributed by atoms with Crippen molar-refractivity contribution in [1.29, 1.82) is 0 Å². The average molecular weight is 169 g/mol. The van der Waals surface area contributed by atoms with E-state index in [1.54, 1.807) is 0 Å². The summed E-state index contributed by atoms with van der Waals surface area (Å²) in [6.07, 6.45) is 3.10. The second kappa shape index (κ2) is 2.94. The highest BCUT2D eigenvalue weighted by Gasteiger charge is 2.17. The zero-order chi connectivity index (χ0) is 8.48. The molecule has 1 aromatic heterocycles. The number of thiazole rings is 1. The summed E-state index contributed by atoms with van der Waals surface area (Å²) in [7, 11) is 0. The van der Waals surface area contributed by atoms with Gasteiger partial charge >= 0.3 is 0 Å². The SMILES string of the molecule is CCc1cnc(C(C)(C)C)s1. The van der Waals surface area contributed by atoms with Gasteiger partial charge in [-0.1, -0.05) is 27.7 Å². The zero-order valence-corrected chi connectivity index (χ0v) is 8.46. The van der Waals surface area contributed by atoms with E-state index in [1.165, 1.54) is 9.88 Å². The van der Waals surface area contributed by atoms with Gasteiger partial charge in [-0.15, -0.1) is 11.3 Å². The molecule has 0 aliphatic heterocycles. The van der Waals surface area contributed by atoms with Crippen LogP contribution < -0.4 is 0 Å². The van der Waals surface area contributed by atoms with Crippen LogP contribution in [0.4, 0.5) is 0 Å². The number of hydrogen-bond acceptors (Lipinski definition) is 2. The van der Waals surface area contributed by atoms with E-state index < -0.39 is 0 Å². The van der Waals surface area contributed by atoms with Crippen LogP contribution >= 0.6 is 11.3 Å². The maximum atomic E-state index is 4.38. The van der Waals surface area contributed by atoms with Crippen molar-refractivity contribution in [2.45, 2.75) is 39.5 Å². The third kappa shape index (κ3) is 2.03. The van der Waals surface area contributed by atoms with E-state index in [4.69, 9.17) is 0 Å². The highest BCUT2D eigenvalue weighted by molar-refractivity contribution is 7.11. The van der Waals surface area contributed by atoms with E-state index >= 15 is 0 Å². The lowest BCUT2D eigenvalue weighted by Crippen LogP contribution is -2.09. The smallest absolute Gasteiger partial charge is 0.0981 e. The van der Waals surface area contributed by atoms with Gasteiger partial charge in [0.25, 0.3) is 0 Å². The first-order valence-corrected chi connectivity index (χ1v) is 4.81. The zero-order valence-electron chi connectivity index (χ0n) is 7.64. The van der Waals surface area contributed by atoms with Crippen LogP contribution in [0.5, 0.6) is 0 Å². The fourth-order valence-corrected chi connectivity index (χ4v) is 1.73. The Kier molecular flexibility index (Phi) is 2.33. The molecule has 0 saturated heterocycles. The number of aromatic nitrogens is 1. The molecular weight excluding hydrogens is 154 g/mol. The quantitative estimate of drug-likeness (QED) is 0.629. The molecule has 1 heterocycles. The molecule has 0 amide bonds. The summed E-state index contributed by atoms with van der Waals surface area (Å²) in [5.41, 5.74) is 0.220. The van der Waals surface area contributed by atoms with E-state index in [2.05, 4.69) is 32.7 Å². The number of aryl methyl sites for hydroxylation is 1. The number of nitrogens with zero attached hydrogens (tertiary/aromatic N) is 1. The van der Waals surface area contributed by atoms with E-state index in [0.29, 0.717) is 0 Å². The molecule has 0 N–H and O–H groups in total. The van der Waals surface area contributed by atoms with Crippen molar-refractivity contribution >= 4 is 11.3 Å². The Bertz CT molecular complexity index is 232. The van der Waals surface area contributed by atoms with Gasteiger partial charge in [0, 0.05) is 16.5 Å². The Labute approximate surface area is 72.5 Å². The largest absolute Gasteiger partial charge is 0.249 e. The van der Waals surface area contributed by atoms with Gasteiger partial charge in [0.1, 0.15) is 0 Å². The monoisotopic (exact) mass is 169 g/mol. The minimum Gasteiger partial charge on any atom is -0.249 e. The molecule has 0 bridgehead atoms. The van der Waals surface area contributed by atoms with Crippen LogP contribution in [0.15, 0.2) is 6.20 Å². The van der Waals surface area contributed by atoms with Gasteiger partial charge in [0.2, 0.25) is 0 Å². The Morgan fingerprint density at radius 2 is 2.09 bits per heavy atom. The van der Waals surface area contributed by atoms with E-state index in [1.807, 2.05) is 17.5 Å². The number of hydrogen-bond donors (Lipinski definition) is 0. The molecule has 0 aliphatic rings. The Morgan fingerprint density at radius 3 is 2.36 bits per heavy atom. The third-order valence-electron chi connectivity index (χ3n) is 1.54. The molecule has 1 nitrogen and oxygen atoms in total. The van der Waals surface area contributed by atoms with Gasteiger partial charge in [-0.05, 0) is 6.42 Å². The molecular formula is C9H15NS. The van der Waals surface area contributed by atoms with Crippen LogP contribution in [0.3, 0.4) is 0 Å². The maximum Gasteiger partial charge on any atom is 0.0981 e. The van der Waals surface area contributed by atoms with Crippen LogP contribution in [0.2, 0.25) is 0 Å². The van der Waals surface area contributed by atoms with Crippen molar-refractivity contribution in [2.75, 3.05) is 0 Å². The molecule has 0 aliphatic carbocycles. The summed E-state index contributed by atoms with van der Waals surface area (Å²) < 4.78 is 0. The fraction of sp³-hybridized carbons (Fsp3) is 0.667. The summed E-state index contributed by atoms with van der Waals surface area (Å²) >= 11 is 1.83. The molecule has 0 saturated carbocycles. The predicted octanol–water partition coefficient (Wildman–Crippen LogP) is 3.00. The number of rotatable bonds is 1. The van der Waals surface area contributed by atoms with Gasteiger partial charge in [-0.2, -0.15) is 0 Å². The summed E-state index contributed by atoms with van der Waals surface area (Å²) in [6, 6.07) is 0. The highest BCUT2D eigenvalue weighted by atomic mass is 32.1. The van der Waals surface area contributed by atoms with Crippen LogP contribution in [0, 0.1) is 0 Å². The minimum atomic E-state index is 0.220. The van der Waals surface area contributed by atoms with Gasteiger partial charge in [-0.25, -0.2) is 4.98 Å². The van der Waals surface area contributed by atoms with E-state index in [9.17, 15) is 0 Å². The molecule has 2 heteroatoms. The van der Waals surface area contributed by atoms with Gasteiger partial charge in [-0.3, -0.25) is 0 Å². The van der Waals surface area contributed by atoms with Crippen LogP contribution in [0.25, 0.3) is 0 Å². The van der Waals surface area contributed by atoms with E-state index in [0.717, 1.165) is 6.42 Å². The van der Waals surface area contributed by atoms with Crippen LogP contribution in [-0.2, 0) is 11.8 Å². The molecule has 0 unspecified atom stereocenters. The predicted molar refractivity (Wildman–Crippen MR) is 50.2 cm³/mol. The van der Waals surface area contributed by atoms with Crippen LogP contribution in [-0.4, -0.2) is 4.98 Å². The summed E-state index contributed by atoms with van der Waals surface area (Å²) in [5, 5.41) is 1.24. The van der Waals surface area contributed by atoms with Gasteiger partial charge < -0.3 is 0 Å². The first kappa shape index (κ1) is 8.72. The maximum absolute atomic E-state index is 4.38. The normalized spacial score (nSPS) is 12.0. The first-order chi connectivity index (χ1) is 5.04. The Morgan fingerprint density at radius 1 is 1.45 bits per heavy atom. The average Bonchev–Trinajstić information content (AvgIpc) is 2.32. The van der Waals surface area contributed by atoms with Crippen LogP contribution in [0.1, 0.15) is 37.6 Å². The summed E-state index contributed by atoms with van der Waals surface area (Å²) in [4.78, 5) is 5.76. The lowest BCUT2D eigenvalue weighted by molar-refractivity contribution is 0.585. The lowest BCUT2D eigenvalue weighted by Gasteiger charge is -2.13. The van der Waals surface area contributed by atoms with Crippen molar-refractivity contribution in [3.05, 3.63) is 16.1 Å². The molecule has 0 radical (unpaired) electrons. The summed E-state index contributed by atoms with van der Waals surface area (Å²) in [5.74, 6) is 0. The third-order valence-corrected chi connectivity index (χ3v) is 3.11. The molecule has 11 heavy (non-hydrogen) atoms. The van der Waals surface area contributed by atoms with Gasteiger partial charge in [0.05, 0.1) is 5.01 Å². The molecule has 1 aromatic rings. The van der Waals surface area contributed by atoms with Crippen molar-refractivity contribution in [3.63, 3.8) is 0 Å². The van der Waals surface area contributed by atoms with Crippen molar-refractivity contribution in [2.24, 2.45) is 0 Å². The second-order valence-corrected chi connectivity index (χ2v) is 4.85. The van der Waals surface area contributed by atoms with E-state index in [-0.39, 0.29) is 5.41 Å². The fourth-order valence-electron chi connectivity index (χ4n) is 0.818. The molecule has 0 fully saturated rings. The van der Waals surface area contributed by atoms with Crippen molar-refractivity contribution in [3.8, 4) is 0 Å². The van der Waals surface area contributed by atoms with Crippen molar-refractivity contribution in [1.82, 2.24) is 4.98 Å². The minimum absolute atomic E-state index is 0.220. The molecule has 0 spiro atoms. The second-order valence-electron chi connectivity index (χ2n) is 3.74. The topological polar surface area (TPSA) is 12.9 Å². The molecule has 0 atom stereocenters. The van der Waals surface area contributed by atoms with Gasteiger partial charge in [0.15, 0.2) is 0 Å². The lowest BCUT2D eigenvalue weighted by atomic mass is 9.98. The first-order valence-electron chi connectivity index (χ1n) is 3.99. The molecule has 62 valence electrons. The molecule has 0 aromatic carbocycles. The summed E-state index contributed by atoms with van der Waals surface area (Å²) in [6.45, 7) is 8.77. The van der Waals surface area contributed by atoms with Crippen molar-refractivity contribution < 1.29 is 0 Å². The Hall–Kier alpha value is -0.370. The standard InChI is InChI=1S/C9H15NS/c1-5-7-6-10-8(11-7)9(2,3)4/h6H,5H2,1-4H3.